The smallest absolute Gasteiger partial charge is 0.251 e. The van der Waals surface area contributed by atoms with Gasteiger partial charge in [-0.2, -0.15) is 0 Å². The highest BCUT2D eigenvalue weighted by atomic mass is 32.2. The number of hydrogen-bond donors (Lipinski definition) is 2. The maximum absolute atomic E-state index is 12.1. The average Bonchev–Trinajstić information content (AvgIpc) is 3.46. The van der Waals surface area contributed by atoms with Gasteiger partial charge in [0, 0.05) is 24.5 Å². The number of amides is 1. The van der Waals surface area contributed by atoms with Crippen LogP contribution in [0.3, 0.4) is 0 Å². The standard InChI is InChI=1S/C24H30N6O4S/c1-3-16-10-17-18(34-13-33-17)11-19(16)35-24-28-20-21(25)26-12-27-22(20)30(24)9-6-15-4-7-29(8-5-15)23(32)14(2)31/h10-12,14-15,31H,3-9,13H2,1-2H3,(H2,25,26,27). The van der Waals surface area contributed by atoms with Gasteiger partial charge in [0.1, 0.15) is 12.4 Å². The fraction of sp³-hybridized carbons (Fsp3) is 0.500. The summed E-state index contributed by atoms with van der Waals surface area (Å²) >= 11 is 1.57. The Labute approximate surface area is 207 Å². The summed E-state index contributed by atoms with van der Waals surface area (Å²) in [6.45, 7) is 5.95. The number of carbonyl (C=O) groups excluding carboxylic acids is 1. The van der Waals surface area contributed by atoms with Gasteiger partial charge in [-0.3, -0.25) is 4.79 Å². The number of benzene rings is 1. The molecule has 0 saturated carbocycles. The van der Waals surface area contributed by atoms with E-state index in [9.17, 15) is 9.90 Å². The summed E-state index contributed by atoms with van der Waals surface area (Å²) in [4.78, 5) is 28.3. The third-order valence-electron chi connectivity index (χ3n) is 6.71. The lowest BCUT2D eigenvalue weighted by Gasteiger charge is -2.32. The monoisotopic (exact) mass is 498 g/mol. The number of fused-ring (bicyclic) bond motifs is 2. The summed E-state index contributed by atoms with van der Waals surface area (Å²) in [6.07, 6.45) is 4.13. The highest BCUT2D eigenvalue weighted by Crippen LogP contribution is 2.41. The molecule has 1 aromatic carbocycles. The van der Waals surface area contributed by atoms with E-state index in [2.05, 4.69) is 21.5 Å². The van der Waals surface area contributed by atoms with Crippen molar-refractivity contribution in [1.29, 1.82) is 0 Å². The molecule has 1 atom stereocenters. The van der Waals surface area contributed by atoms with Gasteiger partial charge in [-0.15, -0.1) is 0 Å². The maximum Gasteiger partial charge on any atom is 0.251 e. The zero-order valence-electron chi connectivity index (χ0n) is 19.9. The number of aliphatic hydroxyl groups is 1. The number of rotatable bonds is 7. The van der Waals surface area contributed by atoms with Crippen molar-refractivity contribution < 1.29 is 19.4 Å². The second kappa shape index (κ2) is 9.90. The third-order valence-corrected chi connectivity index (χ3v) is 7.80. The fourth-order valence-electron chi connectivity index (χ4n) is 4.67. The van der Waals surface area contributed by atoms with Crippen LogP contribution in [0.15, 0.2) is 28.5 Å². The number of piperidine rings is 1. The minimum absolute atomic E-state index is 0.189. The van der Waals surface area contributed by atoms with Gasteiger partial charge in [-0.1, -0.05) is 18.7 Å². The van der Waals surface area contributed by atoms with Crippen LogP contribution in [-0.4, -0.2) is 61.4 Å². The van der Waals surface area contributed by atoms with Crippen LogP contribution < -0.4 is 15.2 Å². The quantitative estimate of drug-likeness (QED) is 0.505. The van der Waals surface area contributed by atoms with E-state index in [4.69, 9.17) is 20.2 Å². The lowest BCUT2D eigenvalue weighted by Crippen LogP contribution is -2.43. The van der Waals surface area contributed by atoms with E-state index in [1.807, 2.05) is 12.1 Å². The molecule has 2 aliphatic heterocycles. The molecule has 3 aromatic rings. The Balaban J connectivity index is 1.37. The highest BCUT2D eigenvalue weighted by molar-refractivity contribution is 7.99. The van der Waals surface area contributed by atoms with Crippen LogP contribution in [0.4, 0.5) is 5.82 Å². The summed E-state index contributed by atoms with van der Waals surface area (Å²) in [5.41, 5.74) is 8.62. The van der Waals surface area contributed by atoms with Gasteiger partial charge in [-0.05, 0) is 56.2 Å². The van der Waals surface area contributed by atoms with E-state index < -0.39 is 6.10 Å². The molecule has 2 aromatic heterocycles. The summed E-state index contributed by atoms with van der Waals surface area (Å²) in [5.74, 6) is 2.16. The summed E-state index contributed by atoms with van der Waals surface area (Å²) < 4.78 is 13.3. The molecule has 1 unspecified atom stereocenters. The molecule has 2 aliphatic rings. The first-order valence-corrected chi connectivity index (χ1v) is 12.8. The van der Waals surface area contributed by atoms with Crippen molar-refractivity contribution in [3.63, 3.8) is 0 Å². The predicted octanol–water partition coefficient (Wildman–Crippen LogP) is 2.86. The molecule has 1 saturated heterocycles. The van der Waals surface area contributed by atoms with Crippen molar-refractivity contribution in [3.05, 3.63) is 24.0 Å². The van der Waals surface area contributed by atoms with Crippen LogP contribution in [0.25, 0.3) is 11.2 Å². The number of nitrogens with zero attached hydrogens (tertiary/aromatic N) is 5. The van der Waals surface area contributed by atoms with Crippen molar-refractivity contribution in [2.45, 2.75) is 62.2 Å². The Hall–Kier alpha value is -3.05. The lowest BCUT2D eigenvalue weighted by molar-refractivity contribution is -0.140. The topological polar surface area (TPSA) is 129 Å². The maximum atomic E-state index is 12.1. The number of nitrogen functional groups attached to an aromatic ring is 1. The number of aryl methyl sites for hydroxylation is 2. The summed E-state index contributed by atoms with van der Waals surface area (Å²) in [6, 6.07) is 4.05. The third kappa shape index (κ3) is 4.74. The number of nitrogens with two attached hydrogens (primary N) is 1. The van der Waals surface area contributed by atoms with Crippen LogP contribution in [0.5, 0.6) is 11.5 Å². The minimum atomic E-state index is -0.947. The Morgan fingerprint density at radius 3 is 2.71 bits per heavy atom. The van der Waals surface area contributed by atoms with Gasteiger partial charge < -0.3 is 29.8 Å². The van der Waals surface area contributed by atoms with Crippen LogP contribution in [0.1, 0.15) is 38.7 Å². The van der Waals surface area contributed by atoms with E-state index in [0.717, 1.165) is 65.0 Å². The first-order valence-electron chi connectivity index (χ1n) is 12.0. The minimum Gasteiger partial charge on any atom is -0.454 e. The molecule has 10 nitrogen and oxygen atoms in total. The number of imidazole rings is 1. The van der Waals surface area contributed by atoms with Crippen molar-refractivity contribution in [2.24, 2.45) is 5.92 Å². The van der Waals surface area contributed by atoms with E-state index in [1.54, 1.807) is 16.7 Å². The zero-order chi connectivity index (χ0) is 24.5. The number of aliphatic hydroxyl groups excluding tert-OH is 1. The van der Waals surface area contributed by atoms with Crippen molar-refractivity contribution >= 4 is 34.7 Å². The van der Waals surface area contributed by atoms with Crippen molar-refractivity contribution in [1.82, 2.24) is 24.4 Å². The number of aromatic nitrogens is 4. The first-order chi connectivity index (χ1) is 16.9. The van der Waals surface area contributed by atoms with Gasteiger partial charge in [0.05, 0.1) is 0 Å². The van der Waals surface area contributed by atoms with Crippen LogP contribution in [-0.2, 0) is 17.8 Å². The zero-order valence-corrected chi connectivity index (χ0v) is 20.8. The van der Waals surface area contributed by atoms with Gasteiger partial charge in [-0.25, -0.2) is 15.0 Å². The van der Waals surface area contributed by atoms with E-state index in [1.165, 1.54) is 13.3 Å². The second-order valence-corrected chi connectivity index (χ2v) is 9.99. The van der Waals surface area contributed by atoms with Gasteiger partial charge >= 0.3 is 0 Å². The summed E-state index contributed by atoms with van der Waals surface area (Å²) in [5, 5.41) is 10.4. The van der Waals surface area contributed by atoms with E-state index in [0.29, 0.717) is 30.3 Å². The molecule has 35 heavy (non-hydrogen) atoms. The number of hydrogen-bond acceptors (Lipinski definition) is 9. The molecule has 3 N–H and O–H groups in total. The molecule has 0 bridgehead atoms. The average molecular weight is 499 g/mol. The van der Waals surface area contributed by atoms with Gasteiger partial charge in [0.15, 0.2) is 33.6 Å². The predicted molar refractivity (Wildman–Crippen MR) is 131 cm³/mol. The lowest BCUT2D eigenvalue weighted by atomic mass is 9.93. The Morgan fingerprint density at radius 1 is 1.26 bits per heavy atom. The van der Waals surface area contributed by atoms with Gasteiger partial charge in [0.25, 0.3) is 5.91 Å². The van der Waals surface area contributed by atoms with Crippen molar-refractivity contribution in [2.75, 3.05) is 25.6 Å². The molecule has 1 fully saturated rings. The Morgan fingerprint density at radius 2 is 2.00 bits per heavy atom. The van der Waals surface area contributed by atoms with E-state index >= 15 is 0 Å². The van der Waals surface area contributed by atoms with E-state index in [-0.39, 0.29) is 12.7 Å². The van der Waals surface area contributed by atoms with Crippen LogP contribution in [0.2, 0.25) is 0 Å². The molecule has 0 aliphatic carbocycles. The van der Waals surface area contributed by atoms with Gasteiger partial charge in [0.2, 0.25) is 6.79 Å². The summed E-state index contributed by atoms with van der Waals surface area (Å²) in [7, 11) is 0. The Kier molecular flexibility index (Phi) is 6.70. The molecular weight excluding hydrogens is 468 g/mol. The molecule has 0 radical (unpaired) electrons. The highest BCUT2D eigenvalue weighted by Gasteiger charge is 2.26. The molecule has 0 spiro atoms. The second-order valence-electron chi connectivity index (χ2n) is 8.98. The number of ether oxygens (including phenoxy) is 2. The number of anilines is 1. The largest absolute Gasteiger partial charge is 0.454 e. The molecular formula is C24H30N6O4S. The number of carbonyl (C=O) groups is 1. The van der Waals surface area contributed by atoms with Crippen molar-refractivity contribution in [3.8, 4) is 11.5 Å². The molecule has 186 valence electrons. The van der Waals surface area contributed by atoms with Crippen LogP contribution >= 0.6 is 11.8 Å². The number of likely N-dealkylation sites (tertiary alicyclic amines) is 1. The Bertz CT molecular complexity index is 1240. The fourth-order valence-corrected chi connectivity index (χ4v) is 5.79. The first kappa shape index (κ1) is 23.7. The molecule has 4 heterocycles. The molecule has 1 amide bonds. The molecule has 5 rings (SSSR count). The normalized spacial score (nSPS) is 16.7. The SMILES string of the molecule is CCc1cc2c(cc1Sc1nc3c(N)ncnc3n1CCC1CCN(C(=O)C(C)O)CC1)OCO2. The van der Waals surface area contributed by atoms with Crippen LogP contribution in [0, 0.1) is 5.92 Å². The molecule has 11 heteroatoms.